The molecule has 0 radical (unpaired) electrons. The lowest BCUT2D eigenvalue weighted by molar-refractivity contribution is -0.143. The molecule has 0 aliphatic heterocycles. The molecule has 1 atom stereocenters. The first-order chi connectivity index (χ1) is 13.0. The Morgan fingerprint density at radius 1 is 1.22 bits per heavy atom. The molecule has 8 heteroatoms. The van der Waals surface area contributed by atoms with Gasteiger partial charge in [-0.15, -0.1) is 11.3 Å². The highest BCUT2D eigenvalue weighted by Gasteiger charge is 2.35. The van der Waals surface area contributed by atoms with Gasteiger partial charge in [0.15, 0.2) is 0 Å². The molecule has 1 unspecified atom stereocenters. The maximum absolute atomic E-state index is 12.2. The van der Waals surface area contributed by atoms with Crippen molar-refractivity contribution in [1.29, 1.82) is 0 Å². The summed E-state index contributed by atoms with van der Waals surface area (Å²) >= 11 is 1.51. The molecular weight excluding hydrogens is 366 g/mol. The number of carboxylic acid groups (broad SMARTS) is 1. The van der Waals surface area contributed by atoms with E-state index in [2.05, 4.69) is 15.5 Å². The van der Waals surface area contributed by atoms with E-state index in [4.69, 9.17) is 4.52 Å². The first-order valence-corrected chi connectivity index (χ1v) is 9.29. The van der Waals surface area contributed by atoms with Crippen LogP contribution in [0.5, 0.6) is 0 Å². The third kappa shape index (κ3) is 4.40. The van der Waals surface area contributed by atoms with Crippen molar-refractivity contribution in [2.24, 2.45) is 0 Å². The second kappa shape index (κ2) is 8.13. The lowest BCUT2D eigenvalue weighted by atomic mass is 9.82. The second-order valence-corrected chi connectivity index (χ2v) is 7.22. The molecule has 0 fully saturated rings. The van der Waals surface area contributed by atoms with Crippen molar-refractivity contribution in [3.63, 3.8) is 0 Å². The van der Waals surface area contributed by atoms with Crippen molar-refractivity contribution in [1.82, 2.24) is 15.5 Å². The van der Waals surface area contributed by atoms with Gasteiger partial charge in [-0.25, -0.2) is 0 Å². The molecule has 1 amide bonds. The molecular formula is C19H19N3O4S. The van der Waals surface area contributed by atoms with Crippen LogP contribution in [0.2, 0.25) is 0 Å². The summed E-state index contributed by atoms with van der Waals surface area (Å²) in [5.74, 6) is -0.388. The van der Waals surface area contributed by atoms with Gasteiger partial charge in [-0.1, -0.05) is 41.6 Å². The fourth-order valence-electron chi connectivity index (χ4n) is 2.55. The number of amides is 1. The zero-order valence-electron chi connectivity index (χ0n) is 14.7. The maximum Gasteiger partial charge on any atom is 0.315 e. The lowest BCUT2D eigenvalue weighted by Gasteiger charge is -2.25. The predicted octanol–water partition coefficient (Wildman–Crippen LogP) is 2.89. The molecule has 27 heavy (non-hydrogen) atoms. The van der Waals surface area contributed by atoms with Gasteiger partial charge < -0.3 is 14.9 Å². The molecule has 0 aliphatic rings. The van der Waals surface area contributed by atoms with Gasteiger partial charge in [0, 0.05) is 19.4 Å². The van der Waals surface area contributed by atoms with Gasteiger partial charge in [-0.2, -0.15) is 4.98 Å². The van der Waals surface area contributed by atoms with E-state index in [-0.39, 0.29) is 18.9 Å². The van der Waals surface area contributed by atoms with Crippen LogP contribution in [0, 0.1) is 0 Å². The molecule has 7 nitrogen and oxygen atoms in total. The molecule has 0 saturated heterocycles. The second-order valence-electron chi connectivity index (χ2n) is 6.27. The van der Waals surface area contributed by atoms with Crippen LogP contribution in [-0.4, -0.2) is 33.7 Å². The number of carbonyl (C=O) groups is 2. The van der Waals surface area contributed by atoms with Crippen molar-refractivity contribution in [2.75, 3.05) is 6.54 Å². The number of aliphatic carboxylic acids is 1. The molecule has 2 aromatic heterocycles. The predicted molar refractivity (Wildman–Crippen MR) is 100 cm³/mol. The molecule has 140 valence electrons. The summed E-state index contributed by atoms with van der Waals surface area (Å²) < 4.78 is 5.16. The third-order valence-electron chi connectivity index (χ3n) is 4.30. The minimum absolute atomic E-state index is 0.00451. The Hall–Kier alpha value is -3.00. The van der Waals surface area contributed by atoms with E-state index in [1.54, 1.807) is 31.2 Å². The van der Waals surface area contributed by atoms with E-state index >= 15 is 0 Å². The number of rotatable bonds is 8. The van der Waals surface area contributed by atoms with Crippen molar-refractivity contribution in [2.45, 2.75) is 25.2 Å². The van der Waals surface area contributed by atoms with Crippen LogP contribution in [0.4, 0.5) is 0 Å². The Labute approximate surface area is 160 Å². The standard InChI is InChI=1S/C19H19N3O4S/c1-19(18(24)25,13-6-3-2-4-7-13)12-20-15(23)9-10-16-21-17(22-26-16)14-8-5-11-27-14/h2-8,11H,9-10,12H2,1H3,(H,20,23)(H,24,25). The van der Waals surface area contributed by atoms with Gasteiger partial charge in [-0.3, -0.25) is 9.59 Å². The monoisotopic (exact) mass is 385 g/mol. The average molecular weight is 385 g/mol. The van der Waals surface area contributed by atoms with Crippen LogP contribution >= 0.6 is 11.3 Å². The summed E-state index contributed by atoms with van der Waals surface area (Å²) in [6.07, 6.45) is 0.426. The highest BCUT2D eigenvalue weighted by atomic mass is 32.1. The number of hydrogen-bond acceptors (Lipinski definition) is 6. The topological polar surface area (TPSA) is 105 Å². The molecule has 0 saturated carbocycles. The number of thiophene rings is 1. The maximum atomic E-state index is 12.2. The Morgan fingerprint density at radius 2 is 2.00 bits per heavy atom. The number of nitrogens with one attached hydrogen (secondary N) is 1. The molecule has 0 bridgehead atoms. The van der Waals surface area contributed by atoms with Crippen molar-refractivity contribution >= 4 is 23.2 Å². The number of carbonyl (C=O) groups excluding carboxylic acids is 1. The van der Waals surface area contributed by atoms with Crippen molar-refractivity contribution in [3.8, 4) is 10.7 Å². The first kappa shape index (κ1) is 18.8. The summed E-state index contributed by atoms with van der Waals surface area (Å²) in [6.45, 7) is 1.59. The van der Waals surface area contributed by atoms with E-state index in [1.807, 2.05) is 23.6 Å². The van der Waals surface area contributed by atoms with Crippen LogP contribution in [0.3, 0.4) is 0 Å². The quantitative estimate of drug-likeness (QED) is 0.618. The summed E-state index contributed by atoms with van der Waals surface area (Å²) in [7, 11) is 0. The number of aryl methyl sites for hydroxylation is 1. The number of nitrogens with zero attached hydrogens (tertiary/aromatic N) is 2. The SMILES string of the molecule is CC(CNC(=O)CCc1nc(-c2cccs2)no1)(C(=O)O)c1ccccc1. The molecule has 0 spiro atoms. The number of carboxylic acids is 1. The van der Waals surface area contributed by atoms with Gasteiger partial charge in [0.05, 0.1) is 4.88 Å². The molecule has 3 aromatic rings. The number of aromatic nitrogens is 2. The van der Waals surface area contributed by atoms with Crippen molar-refractivity contribution in [3.05, 3.63) is 59.3 Å². The van der Waals surface area contributed by atoms with Crippen molar-refractivity contribution < 1.29 is 19.2 Å². The molecule has 2 heterocycles. The smallest absolute Gasteiger partial charge is 0.315 e. The fraction of sp³-hybridized carbons (Fsp3) is 0.263. The Morgan fingerprint density at radius 3 is 2.67 bits per heavy atom. The Kier molecular flexibility index (Phi) is 5.66. The summed E-state index contributed by atoms with van der Waals surface area (Å²) in [6, 6.07) is 12.6. The summed E-state index contributed by atoms with van der Waals surface area (Å²) in [5, 5.41) is 18.1. The van der Waals surface area contributed by atoms with Crippen LogP contribution < -0.4 is 5.32 Å². The minimum Gasteiger partial charge on any atom is -0.481 e. The van der Waals surface area contributed by atoms with Gasteiger partial charge in [0.1, 0.15) is 5.41 Å². The summed E-state index contributed by atoms with van der Waals surface area (Å²) in [5.41, 5.74) is -0.566. The van der Waals surface area contributed by atoms with E-state index in [1.165, 1.54) is 11.3 Å². The Bertz CT molecular complexity index is 908. The van der Waals surface area contributed by atoms with E-state index < -0.39 is 11.4 Å². The highest BCUT2D eigenvalue weighted by molar-refractivity contribution is 7.13. The third-order valence-corrected chi connectivity index (χ3v) is 5.16. The molecule has 2 N–H and O–H groups in total. The van der Waals surface area contributed by atoms with E-state index in [9.17, 15) is 14.7 Å². The largest absolute Gasteiger partial charge is 0.481 e. The normalized spacial score (nSPS) is 13.1. The van der Waals surface area contributed by atoms with Crippen LogP contribution in [0.1, 0.15) is 24.8 Å². The number of hydrogen-bond donors (Lipinski definition) is 2. The average Bonchev–Trinajstić information content (AvgIpc) is 3.36. The number of benzene rings is 1. The lowest BCUT2D eigenvalue weighted by Crippen LogP contribution is -2.44. The van der Waals surface area contributed by atoms with Gasteiger partial charge in [-0.05, 0) is 23.9 Å². The van der Waals surface area contributed by atoms with E-state index in [0.717, 1.165) is 4.88 Å². The van der Waals surface area contributed by atoms with Gasteiger partial charge >= 0.3 is 5.97 Å². The minimum atomic E-state index is -1.20. The zero-order valence-corrected chi connectivity index (χ0v) is 15.5. The van der Waals surface area contributed by atoms with Gasteiger partial charge in [0.25, 0.3) is 0 Å². The van der Waals surface area contributed by atoms with Crippen LogP contribution in [0.25, 0.3) is 10.7 Å². The first-order valence-electron chi connectivity index (χ1n) is 8.41. The van der Waals surface area contributed by atoms with Gasteiger partial charge in [0.2, 0.25) is 17.6 Å². The fourth-order valence-corrected chi connectivity index (χ4v) is 3.20. The van der Waals surface area contributed by atoms with Crippen LogP contribution in [-0.2, 0) is 21.4 Å². The molecule has 3 rings (SSSR count). The Balaban J connectivity index is 1.55. The zero-order chi connectivity index (χ0) is 19.3. The molecule has 0 aliphatic carbocycles. The van der Waals surface area contributed by atoms with E-state index in [0.29, 0.717) is 23.7 Å². The highest BCUT2D eigenvalue weighted by Crippen LogP contribution is 2.24. The summed E-state index contributed by atoms with van der Waals surface area (Å²) in [4.78, 5) is 29.1. The van der Waals surface area contributed by atoms with Crippen LogP contribution in [0.15, 0.2) is 52.4 Å². The molecule has 1 aromatic carbocycles.